The Bertz CT molecular complexity index is 402. The summed E-state index contributed by atoms with van der Waals surface area (Å²) in [5.41, 5.74) is 4.91. The summed E-state index contributed by atoms with van der Waals surface area (Å²) in [6.45, 7) is 7.06. The summed E-state index contributed by atoms with van der Waals surface area (Å²) in [5.74, 6) is -0.259. The lowest BCUT2D eigenvalue weighted by atomic mass is 9.81. The quantitative estimate of drug-likeness (QED) is 0.730. The molecule has 3 N–H and O–H groups in total. The van der Waals surface area contributed by atoms with Gasteiger partial charge in [-0.1, -0.05) is 26.1 Å². The van der Waals surface area contributed by atoms with Crippen LogP contribution in [-0.2, 0) is 9.59 Å². The number of carbonyl (C=O) groups is 2. The zero-order valence-corrected chi connectivity index (χ0v) is 14.1. The first kappa shape index (κ1) is 17.9. The topological polar surface area (TPSA) is 75.4 Å². The molecule has 1 unspecified atom stereocenters. The van der Waals surface area contributed by atoms with Gasteiger partial charge in [0.15, 0.2) is 0 Å². The smallest absolute Gasteiger partial charge is 0.244 e. The van der Waals surface area contributed by atoms with Gasteiger partial charge in [0, 0.05) is 13.1 Å². The van der Waals surface area contributed by atoms with Gasteiger partial charge in [0.25, 0.3) is 0 Å². The van der Waals surface area contributed by atoms with Crippen LogP contribution in [0.15, 0.2) is 0 Å². The van der Waals surface area contributed by atoms with Crippen molar-refractivity contribution in [1.82, 2.24) is 10.2 Å². The zero-order valence-electron chi connectivity index (χ0n) is 13.3. The van der Waals surface area contributed by atoms with Gasteiger partial charge in [0.05, 0.1) is 10.4 Å². The molecule has 6 heteroatoms. The van der Waals surface area contributed by atoms with Crippen molar-refractivity contribution in [2.75, 3.05) is 13.1 Å². The molecule has 2 amide bonds. The van der Waals surface area contributed by atoms with E-state index in [1.54, 1.807) is 6.92 Å². The van der Waals surface area contributed by atoms with Crippen molar-refractivity contribution in [2.24, 2.45) is 11.1 Å². The molecule has 0 aromatic heterocycles. The lowest BCUT2D eigenvalue weighted by Crippen LogP contribution is -2.55. The van der Waals surface area contributed by atoms with Crippen LogP contribution < -0.4 is 11.1 Å². The number of hydrogen-bond donors (Lipinski definition) is 2. The third-order valence-corrected chi connectivity index (χ3v) is 4.89. The van der Waals surface area contributed by atoms with E-state index >= 15 is 0 Å². The first-order valence-electron chi connectivity index (χ1n) is 7.78. The molecule has 0 radical (unpaired) electrons. The minimum absolute atomic E-state index is 0.0212. The maximum atomic E-state index is 12.5. The summed E-state index contributed by atoms with van der Waals surface area (Å²) >= 11 is 5.07. The van der Waals surface area contributed by atoms with Gasteiger partial charge in [-0.15, -0.1) is 0 Å². The van der Waals surface area contributed by atoms with Crippen LogP contribution in [-0.4, -0.2) is 40.8 Å². The van der Waals surface area contributed by atoms with E-state index in [4.69, 9.17) is 18.0 Å². The van der Waals surface area contributed by atoms with Crippen molar-refractivity contribution in [2.45, 2.75) is 58.9 Å². The first-order chi connectivity index (χ1) is 9.89. The van der Waals surface area contributed by atoms with Crippen LogP contribution >= 0.6 is 12.2 Å². The predicted molar refractivity (Wildman–Crippen MR) is 87.8 cm³/mol. The highest BCUT2D eigenvalue weighted by Gasteiger charge is 2.39. The Balaban J connectivity index is 2.71. The fourth-order valence-electron chi connectivity index (χ4n) is 2.82. The molecule has 1 aliphatic heterocycles. The second-order valence-electron chi connectivity index (χ2n) is 5.73. The van der Waals surface area contributed by atoms with Gasteiger partial charge in [-0.25, -0.2) is 0 Å². The van der Waals surface area contributed by atoms with E-state index in [0.29, 0.717) is 12.8 Å². The third kappa shape index (κ3) is 3.93. The summed E-state index contributed by atoms with van der Waals surface area (Å²) in [6.07, 6.45) is 4.31. The van der Waals surface area contributed by atoms with E-state index in [2.05, 4.69) is 5.32 Å². The van der Waals surface area contributed by atoms with Gasteiger partial charge in [0.2, 0.25) is 11.8 Å². The van der Waals surface area contributed by atoms with Crippen LogP contribution in [0.25, 0.3) is 0 Å². The molecule has 1 rings (SSSR count). The summed E-state index contributed by atoms with van der Waals surface area (Å²) in [6, 6.07) is -0.539. The Morgan fingerprint density at radius 1 is 1.24 bits per heavy atom. The van der Waals surface area contributed by atoms with E-state index in [1.807, 2.05) is 18.7 Å². The average Bonchev–Trinajstić information content (AvgIpc) is 2.48. The summed E-state index contributed by atoms with van der Waals surface area (Å²) in [5, 5.41) is 2.80. The van der Waals surface area contributed by atoms with Crippen LogP contribution in [0.2, 0.25) is 0 Å². The summed E-state index contributed by atoms with van der Waals surface area (Å²) in [7, 11) is 0. The molecule has 21 heavy (non-hydrogen) atoms. The number of carbonyl (C=O) groups excluding carboxylic acids is 2. The monoisotopic (exact) mass is 313 g/mol. The average molecular weight is 313 g/mol. The second-order valence-corrected chi connectivity index (χ2v) is 6.17. The zero-order chi connectivity index (χ0) is 16.0. The number of likely N-dealkylation sites (tertiary alicyclic amines) is 1. The SMILES string of the molecule is CCC(CC)(C(=O)NC(C)C(=O)N1CCCCC1)C(N)=S. The fraction of sp³-hybridized carbons (Fsp3) is 0.800. The summed E-state index contributed by atoms with van der Waals surface area (Å²) in [4.78, 5) is 26.9. The molecule has 0 bridgehead atoms. The number of nitrogens with two attached hydrogens (primary N) is 1. The molecule has 5 nitrogen and oxygen atoms in total. The number of nitrogens with zero attached hydrogens (tertiary/aromatic N) is 1. The Kier molecular flexibility index (Phi) is 6.58. The lowest BCUT2D eigenvalue weighted by molar-refractivity contribution is -0.138. The molecule has 1 heterocycles. The fourth-order valence-corrected chi connectivity index (χ4v) is 3.20. The number of rotatable bonds is 6. The Morgan fingerprint density at radius 3 is 2.19 bits per heavy atom. The van der Waals surface area contributed by atoms with Crippen molar-refractivity contribution in [1.29, 1.82) is 0 Å². The maximum absolute atomic E-state index is 12.5. The van der Waals surface area contributed by atoms with Crippen LogP contribution in [0.1, 0.15) is 52.9 Å². The molecular formula is C15H27N3O2S. The molecule has 1 atom stereocenters. The number of amides is 2. The lowest BCUT2D eigenvalue weighted by Gasteiger charge is -2.33. The minimum atomic E-state index is -0.855. The van der Waals surface area contributed by atoms with Crippen LogP contribution in [0, 0.1) is 5.41 Å². The number of thiocarbonyl (C=S) groups is 1. The molecule has 0 aromatic rings. The van der Waals surface area contributed by atoms with Gasteiger partial charge in [-0.05, 0) is 39.0 Å². The van der Waals surface area contributed by atoms with E-state index in [-0.39, 0.29) is 16.8 Å². The molecule has 0 saturated carbocycles. The maximum Gasteiger partial charge on any atom is 0.244 e. The number of nitrogens with one attached hydrogen (secondary N) is 1. The van der Waals surface area contributed by atoms with Crippen LogP contribution in [0.4, 0.5) is 0 Å². The first-order valence-corrected chi connectivity index (χ1v) is 8.19. The molecule has 0 spiro atoms. The van der Waals surface area contributed by atoms with Crippen molar-refractivity contribution in [3.05, 3.63) is 0 Å². The van der Waals surface area contributed by atoms with Crippen LogP contribution in [0.5, 0.6) is 0 Å². The second kappa shape index (κ2) is 7.73. The molecule has 1 fully saturated rings. The van der Waals surface area contributed by atoms with E-state index in [0.717, 1.165) is 25.9 Å². The summed E-state index contributed by atoms with van der Waals surface area (Å²) < 4.78 is 0. The van der Waals surface area contributed by atoms with Crippen molar-refractivity contribution < 1.29 is 9.59 Å². The molecule has 1 aliphatic rings. The Morgan fingerprint density at radius 2 is 1.76 bits per heavy atom. The van der Waals surface area contributed by atoms with E-state index in [1.165, 1.54) is 6.42 Å². The van der Waals surface area contributed by atoms with E-state index in [9.17, 15) is 9.59 Å². The van der Waals surface area contributed by atoms with Gasteiger partial charge >= 0.3 is 0 Å². The Labute approximate surface area is 132 Å². The molecular weight excluding hydrogens is 286 g/mol. The highest BCUT2D eigenvalue weighted by atomic mass is 32.1. The minimum Gasteiger partial charge on any atom is -0.392 e. The van der Waals surface area contributed by atoms with Gasteiger partial charge in [-0.2, -0.15) is 0 Å². The number of hydrogen-bond acceptors (Lipinski definition) is 3. The predicted octanol–water partition coefficient (Wildman–Crippen LogP) is 1.60. The van der Waals surface area contributed by atoms with Crippen molar-refractivity contribution in [3.63, 3.8) is 0 Å². The number of piperidine rings is 1. The molecule has 1 saturated heterocycles. The van der Waals surface area contributed by atoms with Crippen molar-refractivity contribution in [3.8, 4) is 0 Å². The molecule has 0 aliphatic carbocycles. The molecule has 0 aromatic carbocycles. The van der Waals surface area contributed by atoms with Gasteiger partial charge in [-0.3, -0.25) is 9.59 Å². The van der Waals surface area contributed by atoms with E-state index < -0.39 is 11.5 Å². The highest BCUT2D eigenvalue weighted by molar-refractivity contribution is 7.80. The van der Waals surface area contributed by atoms with Crippen molar-refractivity contribution >= 4 is 29.0 Å². The van der Waals surface area contributed by atoms with Gasteiger partial charge < -0.3 is 16.0 Å². The third-order valence-electron chi connectivity index (χ3n) is 4.50. The van der Waals surface area contributed by atoms with Crippen LogP contribution in [0.3, 0.4) is 0 Å². The Hall–Kier alpha value is -1.17. The standard InChI is InChI=1S/C15H27N3O2S/c1-4-15(5-2,13(16)21)14(20)17-11(3)12(19)18-9-7-6-8-10-18/h11H,4-10H2,1-3H3,(H2,16,21)(H,17,20). The largest absolute Gasteiger partial charge is 0.392 e. The van der Waals surface area contributed by atoms with Gasteiger partial charge in [0.1, 0.15) is 6.04 Å². The normalized spacial score (nSPS) is 17.2. The highest BCUT2D eigenvalue weighted by Crippen LogP contribution is 2.27. The molecule has 120 valence electrons.